The Bertz CT molecular complexity index is 1230. The van der Waals surface area contributed by atoms with E-state index in [-0.39, 0.29) is 5.91 Å². The Kier molecular flexibility index (Phi) is 5.31. The number of rotatable bonds is 4. The van der Waals surface area contributed by atoms with Crippen LogP contribution >= 0.6 is 23.1 Å². The summed E-state index contributed by atoms with van der Waals surface area (Å²) >= 11 is 2.98. The van der Waals surface area contributed by atoms with Crippen molar-refractivity contribution in [2.45, 2.75) is 24.4 Å². The number of fused-ring (bicyclic) bond motifs is 2. The molecule has 1 amide bonds. The number of nitrogens with zero attached hydrogens (tertiary/aromatic N) is 3. The van der Waals surface area contributed by atoms with Gasteiger partial charge in [0, 0.05) is 24.2 Å². The van der Waals surface area contributed by atoms with E-state index in [9.17, 15) is 4.79 Å². The number of thioether (sulfide) groups is 1. The summed E-state index contributed by atoms with van der Waals surface area (Å²) in [7, 11) is 0. The SMILES string of the molecule is CSc1nc(N2CCCCC2)c2cc(C(=O)Nc3cccc4ccccc34)sc2n1. The van der Waals surface area contributed by atoms with Crippen LogP contribution < -0.4 is 10.2 Å². The quantitative estimate of drug-likeness (QED) is 0.324. The van der Waals surface area contributed by atoms with Crippen LogP contribution in [0.15, 0.2) is 53.7 Å². The summed E-state index contributed by atoms with van der Waals surface area (Å²) in [6.07, 6.45) is 5.61. The molecule has 1 aliphatic heterocycles. The van der Waals surface area contributed by atoms with Crippen molar-refractivity contribution in [2.75, 3.05) is 29.6 Å². The number of amides is 1. The average Bonchev–Trinajstić information content (AvgIpc) is 3.23. The van der Waals surface area contributed by atoms with Crippen LogP contribution in [0.25, 0.3) is 21.0 Å². The van der Waals surface area contributed by atoms with Gasteiger partial charge >= 0.3 is 0 Å². The fourth-order valence-corrected chi connectivity index (χ4v) is 5.29. The number of aromatic nitrogens is 2. The van der Waals surface area contributed by atoms with Crippen molar-refractivity contribution in [3.63, 3.8) is 0 Å². The zero-order chi connectivity index (χ0) is 20.5. The van der Waals surface area contributed by atoms with Gasteiger partial charge in [0.15, 0.2) is 5.16 Å². The zero-order valence-electron chi connectivity index (χ0n) is 16.7. The van der Waals surface area contributed by atoms with Crippen LogP contribution in [0.3, 0.4) is 0 Å². The van der Waals surface area contributed by atoms with Gasteiger partial charge in [-0.1, -0.05) is 48.2 Å². The van der Waals surface area contributed by atoms with Gasteiger partial charge in [-0.25, -0.2) is 9.97 Å². The Balaban J connectivity index is 1.51. The molecule has 1 aliphatic rings. The average molecular weight is 435 g/mol. The molecule has 1 fully saturated rings. The van der Waals surface area contributed by atoms with E-state index < -0.39 is 0 Å². The maximum atomic E-state index is 13.1. The number of thiophene rings is 1. The molecule has 3 heterocycles. The lowest BCUT2D eigenvalue weighted by atomic mass is 10.1. The lowest BCUT2D eigenvalue weighted by molar-refractivity contribution is 0.103. The first-order valence-corrected chi connectivity index (χ1v) is 12.2. The zero-order valence-corrected chi connectivity index (χ0v) is 18.4. The van der Waals surface area contributed by atoms with E-state index in [1.807, 2.05) is 42.7 Å². The molecule has 1 N–H and O–H groups in total. The smallest absolute Gasteiger partial charge is 0.265 e. The molecule has 0 saturated carbocycles. The molecule has 30 heavy (non-hydrogen) atoms. The highest BCUT2D eigenvalue weighted by molar-refractivity contribution is 7.98. The van der Waals surface area contributed by atoms with E-state index in [1.165, 1.54) is 30.6 Å². The Hall–Kier alpha value is -2.64. The van der Waals surface area contributed by atoms with Crippen LogP contribution in [0.1, 0.15) is 28.9 Å². The first kappa shape index (κ1) is 19.3. The Labute approximate surface area is 183 Å². The van der Waals surface area contributed by atoms with E-state index in [1.54, 1.807) is 11.8 Å². The van der Waals surface area contributed by atoms with Crippen molar-refractivity contribution in [3.8, 4) is 0 Å². The van der Waals surface area contributed by atoms with Crippen molar-refractivity contribution in [2.24, 2.45) is 0 Å². The molecule has 5 nitrogen and oxygen atoms in total. The van der Waals surface area contributed by atoms with Crippen molar-refractivity contribution in [3.05, 3.63) is 53.4 Å². The monoisotopic (exact) mass is 434 g/mol. The highest BCUT2D eigenvalue weighted by Crippen LogP contribution is 2.34. The third-order valence-corrected chi connectivity index (χ3v) is 7.03. The van der Waals surface area contributed by atoms with Crippen molar-refractivity contribution in [1.29, 1.82) is 0 Å². The summed E-state index contributed by atoms with van der Waals surface area (Å²) in [6, 6.07) is 16.0. The number of benzene rings is 2. The van der Waals surface area contributed by atoms with Crippen LogP contribution in [-0.2, 0) is 0 Å². The normalized spacial score (nSPS) is 14.4. The standard InChI is InChI=1S/C23H22N4OS2/c1-29-23-25-20(27-12-5-2-6-13-27)17-14-19(30-22(17)26-23)21(28)24-18-11-7-9-15-8-3-4-10-16(15)18/h3-4,7-11,14H,2,5-6,12-13H2,1H3,(H,24,28). The molecule has 5 rings (SSSR count). The molecule has 0 aliphatic carbocycles. The van der Waals surface area contributed by atoms with Gasteiger partial charge in [0.25, 0.3) is 5.91 Å². The van der Waals surface area contributed by atoms with E-state index >= 15 is 0 Å². The minimum atomic E-state index is -0.107. The molecule has 1 saturated heterocycles. The second-order valence-corrected chi connectivity index (χ2v) is 9.20. The molecule has 0 unspecified atom stereocenters. The second-order valence-electron chi connectivity index (χ2n) is 7.39. The number of nitrogens with one attached hydrogen (secondary N) is 1. The van der Waals surface area contributed by atoms with Gasteiger partial charge in [0.1, 0.15) is 10.6 Å². The van der Waals surface area contributed by atoms with Crippen molar-refractivity contribution < 1.29 is 4.79 Å². The number of hydrogen-bond donors (Lipinski definition) is 1. The highest BCUT2D eigenvalue weighted by Gasteiger charge is 2.21. The first-order valence-electron chi connectivity index (χ1n) is 10.1. The maximum absolute atomic E-state index is 13.1. The molecular weight excluding hydrogens is 412 g/mol. The molecule has 0 bridgehead atoms. The first-order chi connectivity index (χ1) is 14.7. The van der Waals surface area contributed by atoms with Gasteiger partial charge in [-0.3, -0.25) is 4.79 Å². The summed E-state index contributed by atoms with van der Waals surface area (Å²) in [5.41, 5.74) is 0.822. The van der Waals surface area contributed by atoms with Gasteiger partial charge in [-0.2, -0.15) is 0 Å². The number of carbonyl (C=O) groups is 1. The third-order valence-electron chi connectivity index (χ3n) is 5.45. The second kappa shape index (κ2) is 8.24. The van der Waals surface area contributed by atoms with E-state index in [4.69, 9.17) is 4.98 Å². The van der Waals surface area contributed by atoms with Crippen molar-refractivity contribution >= 4 is 61.5 Å². The fraction of sp³-hybridized carbons (Fsp3) is 0.261. The molecule has 7 heteroatoms. The fourth-order valence-electron chi connectivity index (χ4n) is 3.96. The molecular formula is C23H22N4OS2. The number of hydrogen-bond acceptors (Lipinski definition) is 6. The summed E-state index contributed by atoms with van der Waals surface area (Å²) in [4.78, 5) is 26.4. The van der Waals surface area contributed by atoms with Gasteiger partial charge in [-0.05, 0) is 43.0 Å². The van der Waals surface area contributed by atoms with Crippen LogP contribution in [0.4, 0.5) is 11.5 Å². The minimum absolute atomic E-state index is 0.107. The minimum Gasteiger partial charge on any atom is -0.356 e. The van der Waals surface area contributed by atoms with Gasteiger partial charge in [0.2, 0.25) is 0 Å². The topological polar surface area (TPSA) is 58.1 Å². The molecule has 2 aromatic heterocycles. The Morgan fingerprint density at radius 3 is 2.67 bits per heavy atom. The van der Waals surface area contributed by atoms with Crippen molar-refractivity contribution in [1.82, 2.24) is 9.97 Å². The van der Waals surface area contributed by atoms with Crippen LogP contribution in [0.5, 0.6) is 0 Å². The van der Waals surface area contributed by atoms with E-state index in [0.717, 1.165) is 50.7 Å². The molecule has 4 aromatic rings. The molecule has 0 spiro atoms. The summed E-state index contributed by atoms with van der Waals surface area (Å²) in [5, 5.41) is 6.97. The summed E-state index contributed by atoms with van der Waals surface area (Å²) < 4.78 is 0. The predicted molar refractivity (Wildman–Crippen MR) is 127 cm³/mol. The van der Waals surface area contributed by atoms with E-state index in [0.29, 0.717) is 4.88 Å². The molecule has 152 valence electrons. The Morgan fingerprint density at radius 2 is 1.83 bits per heavy atom. The van der Waals surface area contributed by atoms with Crippen LogP contribution in [-0.4, -0.2) is 35.2 Å². The lowest BCUT2D eigenvalue weighted by Gasteiger charge is -2.28. The summed E-state index contributed by atoms with van der Waals surface area (Å²) in [5.74, 6) is 0.856. The van der Waals surface area contributed by atoms with Crippen LogP contribution in [0.2, 0.25) is 0 Å². The summed E-state index contributed by atoms with van der Waals surface area (Å²) in [6.45, 7) is 2.01. The molecule has 0 atom stereocenters. The highest BCUT2D eigenvalue weighted by atomic mass is 32.2. The van der Waals surface area contributed by atoms with Gasteiger partial charge in [0.05, 0.1) is 10.3 Å². The number of anilines is 2. The number of piperidine rings is 1. The Morgan fingerprint density at radius 1 is 1.03 bits per heavy atom. The molecule has 2 aromatic carbocycles. The van der Waals surface area contributed by atoms with Gasteiger partial charge < -0.3 is 10.2 Å². The van der Waals surface area contributed by atoms with Gasteiger partial charge in [-0.15, -0.1) is 11.3 Å². The number of carbonyl (C=O) groups excluding carboxylic acids is 1. The van der Waals surface area contributed by atoms with E-state index in [2.05, 4.69) is 27.3 Å². The largest absolute Gasteiger partial charge is 0.356 e. The lowest BCUT2D eigenvalue weighted by Crippen LogP contribution is -2.30. The molecule has 0 radical (unpaired) electrons. The predicted octanol–water partition coefficient (Wildman–Crippen LogP) is 5.81. The van der Waals surface area contributed by atoms with Crippen LogP contribution in [0, 0.1) is 0 Å². The third kappa shape index (κ3) is 3.63. The maximum Gasteiger partial charge on any atom is 0.265 e.